The van der Waals surface area contributed by atoms with Crippen LogP contribution in [-0.2, 0) is 14.2 Å². The first kappa shape index (κ1) is 15.6. The van der Waals surface area contributed by atoms with E-state index >= 15 is 0 Å². The molecule has 1 aliphatic heterocycles. The molecule has 0 aromatic carbocycles. The molecule has 1 fully saturated rings. The zero-order valence-electron chi connectivity index (χ0n) is 11.5. The third-order valence-electron chi connectivity index (χ3n) is 2.86. The topological polar surface area (TPSA) is 73.9 Å². The van der Waals surface area contributed by atoms with Gasteiger partial charge in [0.15, 0.2) is 0 Å². The molecule has 0 unspecified atom stereocenters. The van der Waals surface area contributed by atoms with Crippen LogP contribution >= 0.6 is 0 Å². The molecule has 0 aromatic heterocycles. The van der Waals surface area contributed by atoms with Crippen molar-refractivity contribution >= 4 is 12.2 Å². The van der Waals surface area contributed by atoms with E-state index in [9.17, 15) is 9.59 Å². The number of nitrogens with one attached hydrogen (secondary N) is 1. The van der Waals surface area contributed by atoms with Gasteiger partial charge in [0.25, 0.3) is 0 Å². The summed E-state index contributed by atoms with van der Waals surface area (Å²) in [7, 11) is 0. The number of carbonyl (C=O) groups excluding carboxylic acids is 2. The zero-order valence-corrected chi connectivity index (χ0v) is 11.5. The van der Waals surface area contributed by atoms with Crippen LogP contribution in [0.15, 0.2) is 0 Å². The molecular weight excluding hydrogens is 250 g/mol. The van der Waals surface area contributed by atoms with Crippen molar-refractivity contribution in [2.24, 2.45) is 0 Å². The minimum atomic E-state index is -0.696. The van der Waals surface area contributed by atoms with Crippen LogP contribution in [-0.4, -0.2) is 38.1 Å². The monoisotopic (exact) mass is 273 g/mol. The number of amides is 1. The van der Waals surface area contributed by atoms with Crippen LogP contribution in [0.2, 0.25) is 0 Å². The standard InChI is InChI=1S/C13H23NO5/c1-2-3-4-5-6-7-8-17-12(15)14-11-9-18-13(16)19-10-11/h11H,2-10H2,1H3,(H,14,15). The van der Waals surface area contributed by atoms with E-state index in [2.05, 4.69) is 21.7 Å². The van der Waals surface area contributed by atoms with Gasteiger partial charge >= 0.3 is 12.2 Å². The molecule has 1 aliphatic rings. The Kier molecular flexibility index (Phi) is 7.77. The lowest BCUT2D eigenvalue weighted by atomic mass is 10.1. The minimum absolute atomic E-state index is 0.130. The second kappa shape index (κ2) is 9.47. The van der Waals surface area contributed by atoms with E-state index in [1.807, 2.05) is 0 Å². The quantitative estimate of drug-likeness (QED) is 0.543. The molecule has 6 heteroatoms. The summed E-state index contributed by atoms with van der Waals surface area (Å²) in [6.45, 7) is 2.86. The van der Waals surface area contributed by atoms with E-state index in [0.29, 0.717) is 6.61 Å². The molecule has 0 aliphatic carbocycles. The molecule has 0 spiro atoms. The van der Waals surface area contributed by atoms with Crippen LogP contribution < -0.4 is 5.32 Å². The lowest BCUT2D eigenvalue weighted by Gasteiger charge is -2.22. The highest BCUT2D eigenvalue weighted by Gasteiger charge is 2.22. The van der Waals surface area contributed by atoms with E-state index in [-0.39, 0.29) is 19.3 Å². The van der Waals surface area contributed by atoms with Crippen molar-refractivity contribution < 1.29 is 23.8 Å². The maximum atomic E-state index is 11.4. The Bertz CT molecular complexity index is 272. The van der Waals surface area contributed by atoms with Gasteiger partial charge in [0, 0.05) is 0 Å². The van der Waals surface area contributed by atoms with Gasteiger partial charge in [-0.05, 0) is 6.42 Å². The van der Waals surface area contributed by atoms with Gasteiger partial charge in [-0.2, -0.15) is 0 Å². The summed E-state index contributed by atoms with van der Waals surface area (Å²) in [5, 5.41) is 2.59. The molecule has 19 heavy (non-hydrogen) atoms. The van der Waals surface area contributed by atoms with Crippen LogP contribution in [0, 0.1) is 0 Å². The van der Waals surface area contributed by atoms with Crippen molar-refractivity contribution in [2.75, 3.05) is 19.8 Å². The van der Waals surface area contributed by atoms with Gasteiger partial charge in [-0.1, -0.05) is 39.0 Å². The third kappa shape index (κ3) is 7.54. The highest BCUT2D eigenvalue weighted by atomic mass is 16.7. The van der Waals surface area contributed by atoms with E-state index < -0.39 is 12.2 Å². The number of carbonyl (C=O) groups is 2. The maximum Gasteiger partial charge on any atom is 0.508 e. The van der Waals surface area contributed by atoms with E-state index in [4.69, 9.17) is 4.74 Å². The van der Waals surface area contributed by atoms with Crippen molar-refractivity contribution in [3.8, 4) is 0 Å². The number of hydrogen-bond acceptors (Lipinski definition) is 5. The van der Waals surface area contributed by atoms with E-state index in [1.54, 1.807) is 0 Å². The Labute approximate surface area is 113 Å². The first-order valence-electron chi connectivity index (χ1n) is 6.95. The maximum absolute atomic E-state index is 11.4. The Morgan fingerprint density at radius 1 is 1.21 bits per heavy atom. The lowest BCUT2D eigenvalue weighted by molar-refractivity contribution is 0.000330. The molecule has 0 radical (unpaired) electrons. The number of cyclic esters (lactones) is 2. The summed E-state index contributed by atoms with van der Waals surface area (Å²) >= 11 is 0. The van der Waals surface area contributed by atoms with Gasteiger partial charge in [0.2, 0.25) is 0 Å². The molecule has 1 amide bonds. The molecule has 0 saturated carbocycles. The van der Waals surface area contributed by atoms with Crippen LogP contribution in [0.25, 0.3) is 0 Å². The molecule has 1 N–H and O–H groups in total. The molecule has 0 atom stereocenters. The molecule has 110 valence electrons. The zero-order chi connectivity index (χ0) is 13.9. The van der Waals surface area contributed by atoms with Crippen LogP contribution in [0.5, 0.6) is 0 Å². The first-order chi connectivity index (χ1) is 9.22. The first-order valence-corrected chi connectivity index (χ1v) is 6.95. The lowest BCUT2D eigenvalue weighted by Crippen LogP contribution is -2.45. The Morgan fingerprint density at radius 3 is 2.53 bits per heavy atom. The Balaban J connectivity index is 1.94. The molecule has 6 nitrogen and oxygen atoms in total. The van der Waals surface area contributed by atoms with Crippen LogP contribution in [0.4, 0.5) is 9.59 Å². The molecule has 1 rings (SSSR count). The van der Waals surface area contributed by atoms with Gasteiger partial charge in [-0.15, -0.1) is 0 Å². The third-order valence-corrected chi connectivity index (χ3v) is 2.86. The fourth-order valence-corrected chi connectivity index (χ4v) is 1.77. The Hall–Kier alpha value is -1.46. The number of unbranched alkanes of at least 4 members (excludes halogenated alkanes) is 5. The normalized spacial score (nSPS) is 15.5. The second-order valence-electron chi connectivity index (χ2n) is 4.62. The summed E-state index contributed by atoms with van der Waals surface area (Å²) in [4.78, 5) is 22.0. The van der Waals surface area contributed by atoms with Crippen LogP contribution in [0.1, 0.15) is 45.4 Å². The van der Waals surface area contributed by atoms with Crippen molar-refractivity contribution in [1.82, 2.24) is 5.32 Å². The number of hydrogen-bond donors (Lipinski definition) is 1. The summed E-state index contributed by atoms with van der Waals surface area (Å²) in [5.74, 6) is 0. The molecule has 0 aromatic rings. The van der Waals surface area contributed by atoms with Crippen molar-refractivity contribution in [3.63, 3.8) is 0 Å². The molecule has 1 heterocycles. The predicted molar refractivity (Wildman–Crippen MR) is 68.9 cm³/mol. The number of ether oxygens (including phenoxy) is 3. The summed E-state index contributed by atoms with van der Waals surface area (Å²) in [6, 6.07) is -0.324. The minimum Gasteiger partial charge on any atom is -0.450 e. The molecular formula is C13H23NO5. The SMILES string of the molecule is CCCCCCCCOC(=O)NC1COC(=O)OC1. The number of rotatable bonds is 8. The van der Waals surface area contributed by atoms with Gasteiger partial charge < -0.3 is 19.5 Å². The largest absolute Gasteiger partial charge is 0.508 e. The van der Waals surface area contributed by atoms with E-state index in [1.165, 1.54) is 25.7 Å². The second-order valence-corrected chi connectivity index (χ2v) is 4.62. The van der Waals surface area contributed by atoms with Crippen LogP contribution in [0.3, 0.4) is 0 Å². The average Bonchev–Trinajstić information content (AvgIpc) is 2.40. The van der Waals surface area contributed by atoms with Gasteiger partial charge in [-0.3, -0.25) is 0 Å². The molecule has 0 bridgehead atoms. The van der Waals surface area contributed by atoms with E-state index in [0.717, 1.165) is 12.8 Å². The van der Waals surface area contributed by atoms with Gasteiger partial charge in [0.05, 0.1) is 6.61 Å². The summed E-state index contributed by atoms with van der Waals surface area (Å²) in [6.07, 6.45) is 5.71. The van der Waals surface area contributed by atoms with Crippen molar-refractivity contribution in [2.45, 2.75) is 51.5 Å². The highest BCUT2D eigenvalue weighted by molar-refractivity contribution is 5.68. The highest BCUT2D eigenvalue weighted by Crippen LogP contribution is 2.05. The van der Waals surface area contributed by atoms with Crippen molar-refractivity contribution in [3.05, 3.63) is 0 Å². The summed E-state index contributed by atoms with van der Waals surface area (Å²) < 4.78 is 14.3. The fourth-order valence-electron chi connectivity index (χ4n) is 1.77. The molecule has 1 saturated heterocycles. The average molecular weight is 273 g/mol. The fraction of sp³-hybridized carbons (Fsp3) is 0.846. The van der Waals surface area contributed by atoms with Crippen molar-refractivity contribution in [1.29, 1.82) is 0 Å². The summed E-state index contributed by atoms with van der Waals surface area (Å²) in [5.41, 5.74) is 0. The van der Waals surface area contributed by atoms with Gasteiger partial charge in [-0.25, -0.2) is 9.59 Å². The number of alkyl carbamates (subject to hydrolysis) is 1. The van der Waals surface area contributed by atoms with Gasteiger partial charge in [0.1, 0.15) is 19.3 Å². The predicted octanol–water partition coefficient (Wildman–Crippen LogP) is 2.61. The Morgan fingerprint density at radius 2 is 1.84 bits per heavy atom. The smallest absolute Gasteiger partial charge is 0.450 e.